The van der Waals surface area contributed by atoms with Crippen molar-refractivity contribution >= 4 is 17.7 Å². The third-order valence-corrected chi connectivity index (χ3v) is 4.93. The summed E-state index contributed by atoms with van der Waals surface area (Å²) in [6.07, 6.45) is 8.45. The summed E-state index contributed by atoms with van der Waals surface area (Å²) >= 11 is 1.97. The van der Waals surface area contributed by atoms with Crippen LogP contribution in [0, 0.1) is 0 Å². The average molecular weight is 245 g/mol. The molecule has 1 atom stereocenters. The number of thioether (sulfide) groups is 1. The maximum absolute atomic E-state index is 10.5. The van der Waals surface area contributed by atoms with E-state index in [4.69, 9.17) is 5.11 Å². The molecule has 2 N–H and O–H groups in total. The van der Waals surface area contributed by atoms with Gasteiger partial charge in [0, 0.05) is 23.8 Å². The van der Waals surface area contributed by atoms with Crippen LogP contribution in [0.15, 0.2) is 0 Å². The molecule has 1 unspecified atom stereocenters. The highest BCUT2D eigenvalue weighted by Crippen LogP contribution is 2.39. The second-order valence-electron chi connectivity index (χ2n) is 4.81. The second kappa shape index (κ2) is 6.50. The van der Waals surface area contributed by atoms with Crippen LogP contribution < -0.4 is 5.32 Å². The molecule has 1 aliphatic carbocycles. The first-order valence-electron chi connectivity index (χ1n) is 6.08. The summed E-state index contributed by atoms with van der Waals surface area (Å²) in [6, 6.07) is 0.306. The van der Waals surface area contributed by atoms with Crippen molar-refractivity contribution in [2.24, 2.45) is 0 Å². The minimum absolute atomic E-state index is 0.264. The van der Waals surface area contributed by atoms with Crippen LogP contribution in [0.5, 0.6) is 0 Å². The lowest BCUT2D eigenvalue weighted by molar-refractivity contribution is -0.137. The monoisotopic (exact) mass is 245 g/mol. The molecule has 16 heavy (non-hydrogen) atoms. The Balaban J connectivity index is 2.24. The normalized spacial score (nSPS) is 20.9. The zero-order valence-corrected chi connectivity index (χ0v) is 11.1. The van der Waals surface area contributed by atoms with Crippen LogP contribution in [0.3, 0.4) is 0 Å². The van der Waals surface area contributed by atoms with E-state index in [1.54, 1.807) is 0 Å². The molecule has 1 rings (SSSR count). The standard InChI is InChI=1S/C12H23NO2S/c1-10(5-6-11(14)15)13-9-12(16-2)7-3-4-8-12/h10,13H,3-9H2,1-2H3,(H,14,15). The number of hydrogen-bond acceptors (Lipinski definition) is 3. The molecule has 1 fully saturated rings. The minimum atomic E-state index is -0.700. The molecule has 0 aliphatic heterocycles. The molecule has 0 saturated heterocycles. The van der Waals surface area contributed by atoms with E-state index >= 15 is 0 Å². The number of carboxylic acids is 1. The fourth-order valence-corrected chi connectivity index (χ4v) is 3.20. The van der Waals surface area contributed by atoms with Gasteiger partial charge in [-0.3, -0.25) is 4.79 Å². The Morgan fingerprint density at radius 1 is 1.50 bits per heavy atom. The molecule has 94 valence electrons. The van der Waals surface area contributed by atoms with Crippen molar-refractivity contribution in [3.05, 3.63) is 0 Å². The van der Waals surface area contributed by atoms with Crippen molar-refractivity contribution in [3.8, 4) is 0 Å². The molecule has 0 bridgehead atoms. The lowest BCUT2D eigenvalue weighted by Crippen LogP contribution is -2.39. The van der Waals surface area contributed by atoms with E-state index in [-0.39, 0.29) is 6.42 Å². The minimum Gasteiger partial charge on any atom is -0.481 e. The third kappa shape index (κ3) is 4.34. The topological polar surface area (TPSA) is 49.3 Å². The average Bonchev–Trinajstić information content (AvgIpc) is 2.73. The molecule has 0 aromatic rings. The van der Waals surface area contributed by atoms with E-state index in [1.165, 1.54) is 25.7 Å². The summed E-state index contributed by atoms with van der Waals surface area (Å²) in [5.74, 6) is -0.700. The Hall–Kier alpha value is -0.220. The Morgan fingerprint density at radius 3 is 2.62 bits per heavy atom. The van der Waals surface area contributed by atoms with Crippen LogP contribution in [0.2, 0.25) is 0 Å². The molecular weight excluding hydrogens is 222 g/mol. The van der Waals surface area contributed by atoms with Crippen LogP contribution >= 0.6 is 11.8 Å². The van der Waals surface area contributed by atoms with Crippen molar-refractivity contribution in [3.63, 3.8) is 0 Å². The maximum Gasteiger partial charge on any atom is 0.303 e. The molecule has 0 aromatic heterocycles. The highest BCUT2D eigenvalue weighted by molar-refractivity contribution is 8.00. The van der Waals surface area contributed by atoms with Gasteiger partial charge >= 0.3 is 5.97 Å². The molecular formula is C12H23NO2S. The molecule has 3 nitrogen and oxygen atoms in total. The van der Waals surface area contributed by atoms with Crippen LogP contribution in [0.25, 0.3) is 0 Å². The van der Waals surface area contributed by atoms with Crippen molar-refractivity contribution in [2.45, 2.75) is 56.2 Å². The predicted molar refractivity (Wildman–Crippen MR) is 69.0 cm³/mol. The number of rotatable bonds is 7. The number of carbonyl (C=O) groups is 1. The van der Waals surface area contributed by atoms with Gasteiger partial charge in [-0.15, -0.1) is 0 Å². The molecule has 0 radical (unpaired) electrons. The predicted octanol–water partition coefficient (Wildman–Crippen LogP) is 2.51. The summed E-state index contributed by atoms with van der Waals surface area (Å²) in [7, 11) is 0. The number of nitrogens with one attached hydrogen (secondary N) is 1. The van der Waals surface area contributed by atoms with Gasteiger partial charge in [-0.2, -0.15) is 11.8 Å². The highest BCUT2D eigenvalue weighted by atomic mass is 32.2. The van der Waals surface area contributed by atoms with E-state index < -0.39 is 5.97 Å². The molecule has 1 saturated carbocycles. The van der Waals surface area contributed by atoms with Gasteiger partial charge in [0.25, 0.3) is 0 Å². The Kier molecular flexibility index (Phi) is 5.62. The number of aliphatic carboxylic acids is 1. The molecule has 0 heterocycles. The zero-order valence-electron chi connectivity index (χ0n) is 10.3. The van der Waals surface area contributed by atoms with Crippen molar-refractivity contribution < 1.29 is 9.90 Å². The quantitative estimate of drug-likeness (QED) is 0.723. The first-order chi connectivity index (χ1) is 7.58. The highest BCUT2D eigenvalue weighted by Gasteiger charge is 2.32. The third-order valence-electron chi connectivity index (χ3n) is 3.51. The Labute approximate surface area is 102 Å². The fraction of sp³-hybridized carbons (Fsp3) is 0.917. The van der Waals surface area contributed by atoms with Gasteiger partial charge in [-0.1, -0.05) is 12.8 Å². The Morgan fingerprint density at radius 2 is 2.12 bits per heavy atom. The van der Waals surface area contributed by atoms with E-state index in [9.17, 15) is 4.79 Å². The van der Waals surface area contributed by atoms with Gasteiger partial charge in [0.2, 0.25) is 0 Å². The van der Waals surface area contributed by atoms with Gasteiger partial charge in [0.05, 0.1) is 0 Å². The van der Waals surface area contributed by atoms with Crippen LogP contribution in [0.1, 0.15) is 45.4 Å². The lowest BCUT2D eigenvalue weighted by atomic mass is 10.1. The van der Waals surface area contributed by atoms with Gasteiger partial charge in [0.1, 0.15) is 0 Å². The molecule has 0 aromatic carbocycles. The van der Waals surface area contributed by atoms with Gasteiger partial charge in [-0.05, 0) is 32.4 Å². The summed E-state index contributed by atoms with van der Waals surface area (Å²) in [4.78, 5) is 10.5. The van der Waals surface area contributed by atoms with Crippen LogP contribution in [-0.4, -0.2) is 34.7 Å². The summed E-state index contributed by atoms with van der Waals surface area (Å²) in [5, 5.41) is 12.1. The second-order valence-corrected chi connectivity index (χ2v) is 6.08. The largest absolute Gasteiger partial charge is 0.481 e. The number of carboxylic acid groups (broad SMARTS) is 1. The van der Waals surface area contributed by atoms with Crippen molar-refractivity contribution in [1.29, 1.82) is 0 Å². The fourth-order valence-electron chi connectivity index (χ4n) is 2.27. The summed E-state index contributed by atoms with van der Waals surface area (Å²) in [6.45, 7) is 3.10. The maximum atomic E-state index is 10.5. The smallest absolute Gasteiger partial charge is 0.303 e. The first-order valence-corrected chi connectivity index (χ1v) is 7.31. The Bertz CT molecular complexity index is 227. The van der Waals surface area contributed by atoms with E-state index in [0.29, 0.717) is 10.8 Å². The molecule has 0 amide bonds. The van der Waals surface area contributed by atoms with Crippen molar-refractivity contribution in [1.82, 2.24) is 5.32 Å². The first kappa shape index (κ1) is 13.8. The van der Waals surface area contributed by atoms with Crippen LogP contribution in [-0.2, 0) is 4.79 Å². The lowest BCUT2D eigenvalue weighted by Gasteiger charge is -2.29. The van der Waals surface area contributed by atoms with Gasteiger partial charge < -0.3 is 10.4 Å². The molecule has 1 aliphatic rings. The van der Waals surface area contributed by atoms with Crippen LogP contribution in [0.4, 0.5) is 0 Å². The molecule has 4 heteroatoms. The van der Waals surface area contributed by atoms with E-state index in [1.807, 2.05) is 11.8 Å². The van der Waals surface area contributed by atoms with E-state index in [0.717, 1.165) is 13.0 Å². The van der Waals surface area contributed by atoms with Crippen molar-refractivity contribution in [2.75, 3.05) is 12.8 Å². The van der Waals surface area contributed by atoms with Gasteiger partial charge in [0.15, 0.2) is 0 Å². The van der Waals surface area contributed by atoms with E-state index in [2.05, 4.69) is 18.5 Å². The number of hydrogen-bond donors (Lipinski definition) is 2. The summed E-state index contributed by atoms with van der Waals surface area (Å²) in [5.41, 5.74) is 0. The SMILES string of the molecule is CSC1(CNC(C)CCC(=O)O)CCCC1. The molecule has 0 spiro atoms. The summed E-state index contributed by atoms with van der Waals surface area (Å²) < 4.78 is 0.414. The van der Waals surface area contributed by atoms with Gasteiger partial charge in [-0.25, -0.2) is 0 Å². The zero-order chi connectivity index (χ0) is 12.0.